The van der Waals surface area contributed by atoms with Crippen molar-refractivity contribution in [3.8, 4) is 0 Å². The van der Waals surface area contributed by atoms with Gasteiger partial charge in [0.1, 0.15) is 0 Å². The van der Waals surface area contributed by atoms with Gasteiger partial charge in [-0.15, -0.1) is 0 Å². The Hall–Kier alpha value is -0.763. The van der Waals surface area contributed by atoms with Crippen LogP contribution in [-0.2, 0) is 0 Å². The molecule has 1 fully saturated rings. The summed E-state index contributed by atoms with van der Waals surface area (Å²) in [6.45, 7) is 9.40. The van der Waals surface area contributed by atoms with Gasteiger partial charge in [-0.05, 0) is 32.0 Å². The number of hydrogen-bond donors (Lipinski definition) is 0. The van der Waals surface area contributed by atoms with Gasteiger partial charge in [0.25, 0.3) is 0 Å². The minimum Gasteiger partial charge on any atom is -0.360 e. The smallest absolute Gasteiger partial charge is 0.0852 e. The molecule has 15 heavy (non-hydrogen) atoms. The lowest BCUT2D eigenvalue weighted by Gasteiger charge is -2.33. The first-order chi connectivity index (χ1) is 6.91. The Balaban J connectivity index is 2.31. The third kappa shape index (κ3) is 2.10. The van der Waals surface area contributed by atoms with Crippen LogP contribution in [0.25, 0.3) is 0 Å². The van der Waals surface area contributed by atoms with Crippen LogP contribution in [0, 0.1) is 6.17 Å². The van der Waals surface area contributed by atoms with Gasteiger partial charge in [0.2, 0.25) is 0 Å². The van der Waals surface area contributed by atoms with Gasteiger partial charge in [0.15, 0.2) is 0 Å². The molecule has 0 N–H and O–H groups in total. The molecule has 0 saturated carbocycles. The Morgan fingerprint density at radius 1 is 1.20 bits per heavy atom. The molecule has 0 spiro atoms. The molecule has 0 atom stereocenters. The fourth-order valence-electron chi connectivity index (χ4n) is 2.65. The van der Waals surface area contributed by atoms with Crippen LogP contribution in [0.1, 0.15) is 13.8 Å². The van der Waals surface area contributed by atoms with Gasteiger partial charge in [0.05, 0.1) is 14.2 Å². The van der Waals surface area contributed by atoms with Crippen molar-refractivity contribution >= 4 is 13.8 Å². The number of para-hydroxylation sites is 1. The molecular formula is C13H19NSi. The average Bonchev–Trinajstić information content (AvgIpc) is 2.36. The molecule has 1 saturated heterocycles. The predicted octanol–water partition coefficient (Wildman–Crippen LogP) is 3.57. The SMILES string of the molecule is CC1(C)C[Si](C)(C)[C]N1c1ccccc1. The van der Waals surface area contributed by atoms with E-state index in [1.54, 1.807) is 0 Å². The largest absolute Gasteiger partial charge is 0.360 e. The zero-order valence-electron chi connectivity index (χ0n) is 10.0. The van der Waals surface area contributed by atoms with Crippen molar-refractivity contribution in [2.75, 3.05) is 4.90 Å². The fourth-order valence-corrected chi connectivity index (χ4v) is 6.08. The highest BCUT2D eigenvalue weighted by atomic mass is 28.3. The van der Waals surface area contributed by atoms with Gasteiger partial charge in [-0.1, -0.05) is 31.3 Å². The summed E-state index contributed by atoms with van der Waals surface area (Å²) in [5.74, 6) is 0. The molecule has 1 aliphatic heterocycles. The maximum atomic E-state index is 3.71. The minimum atomic E-state index is -1.25. The van der Waals surface area contributed by atoms with Crippen molar-refractivity contribution in [1.29, 1.82) is 0 Å². The summed E-state index contributed by atoms with van der Waals surface area (Å²) in [7, 11) is -1.25. The molecule has 2 heteroatoms. The number of hydrogen-bond acceptors (Lipinski definition) is 1. The van der Waals surface area contributed by atoms with Crippen LogP contribution in [0.2, 0.25) is 19.1 Å². The number of benzene rings is 1. The third-order valence-corrected chi connectivity index (χ3v) is 5.49. The fraction of sp³-hybridized carbons (Fsp3) is 0.462. The lowest BCUT2D eigenvalue weighted by atomic mass is 10.1. The van der Waals surface area contributed by atoms with Gasteiger partial charge in [0, 0.05) is 11.2 Å². The molecule has 0 bridgehead atoms. The molecule has 0 amide bonds. The highest BCUT2D eigenvalue weighted by Gasteiger charge is 2.45. The zero-order valence-corrected chi connectivity index (χ0v) is 11.0. The Morgan fingerprint density at radius 2 is 1.80 bits per heavy atom. The Kier molecular flexibility index (Phi) is 2.42. The van der Waals surface area contributed by atoms with Crippen LogP contribution in [0.5, 0.6) is 0 Å². The first-order valence-electron chi connectivity index (χ1n) is 5.54. The monoisotopic (exact) mass is 217 g/mol. The van der Waals surface area contributed by atoms with Gasteiger partial charge in [-0.2, -0.15) is 0 Å². The lowest BCUT2D eigenvalue weighted by Crippen LogP contribution is -2.35. The van der Waals surface area contributed by atoms with E-state index in [-0.39, 0.29) is 5.54 Å². The maximum Gasteiger partial charge on any atom is 0.0852 e. The highest BCUT2D eigenvalue weighted by molar-refractivity contribution is 6.82. The van der Waals surface area contributed by atoms with Crippen LogP contribution in [0.15, 0.2) is 30.3 Å². The Morgan fingerprint density at radius 3 is 2.27 bits per heavy atom. The molecule has 1 aliphatic rings. The van der Waals surface area contributed by atoms with Crippen LogP contribution in [0.4, 0.5) is 5.69 Å². The summed E-state index contributed by atoms with van der Waals surface area (Å²) in [5, 5.41) is 0. The van der Waals surface area contributed by atoms with Crippen molar-refractivity contribution in [2.24, 2.45) is 0 Å². The molecule has 0 unspecified atom stereocenters. The van der Waals surface area contributed by atoms with E-state index in [2.05, 4.69) is 68.3 Å². The second-order valence-electron chi connectivity index (χ2n) is 5.66. The van der Waals surface area contributed by atoms with Gasteiger partial charge in [-0.25, -0.2) is 0 Å². The zero-order chi connectivity index (χ0) is 11.1. The maximum absolute atomic E-state index is 3.71. The van der Waals surface area contributed by atoms with Crippen molar-refractivity contribution < 1.29 is 0 Å². The molecule has 2 rings (SSSR count). The summed E-state index contributed by atoms with van der Waals surface area (Å²) in [4.78, 5) is 2.35. The van der Waals surface area contributed by atoms with Crippen LogP contribution in [0.3, 0.4) is 0 Å². The van der Waals surface area contributed by atoms with E-state index < -0.39 is 8.07 Å². The highest BCUT2D eigenvalue weighted by Crippen LogP contribution is 2.41. The Labute approximate surface area is 94.1 Å². The summed E-state index contributed by atoms with van der Waals surface area (Å²) in [6, 6.07) is 11.9. The van der Waals surface area contributed by atoms with Gasteiger partial charge in [-0.3, -0.25) is 0 Å². The Bertz CT molecular complexity index is 343. The summed E-state index contributed by atoms with van der Waals surface area (Å²) in [6.07, 6.45) is 3.71. The molecule has 80 valence electrons. The van der Waals surface area contributed by atoms with E-state index in [4.69, 9.17) is 0 Å². The molecule has 0 aromatic heterocycles. The van der Waals surface area contributed by atoms with E-state index in [1.165, 1.54) is 11.7 Å². The van der Waals surface area contributed by atoms with Crippen LogP contribution < -0.4 is 4.90 Å². The van der Waals surface area contributed by atoms with E-state index in [1.807, 2.05) is 0 Å². The molecular weight excluding hydrogens is 198 g/mol. The number of nitrogens with zero attached hydrogens (tertiary/aromatic N) is 1. The van der Waals surface area contributed by atoms with Gasteiger partial charge >= 0.3 is 0 Å². The van der Waals surface area contributed by atoms with E-state index in [9.17, 15) is 0 Å². The standard InChI is InChI=1S/C13H19NSi/c1-13(2)10-15(3,4)11-14(13)12-8-6-5-7-9-12/h5-9H,10H2,1-4H3. The molecule has 1 aromatic rings. The number of anilines is 1. The topological polar surface area (TPSA) is 3.24 Å². The van der Waals surface area contributed by atoms with E-state index >= 15 is 0 Å². The normalized spacial score (nSPS) is 23.1. The first-order valence-corrected chi connectivity index (χ1v) is 8.75. The van der Waals surface area contributed by atoms with E-state index in [0.717, 1.165) is 0 Å². The van der Waals surface area contributed by atoms with Crippen molar-refractivity contribution in [3.63, 3.8) is 0 Å². The van der Waals surface area contributed by atoms with Crippen LogP contribution in [-0.4, -0.2) is 13.6 Å². The van der Waals surface area contributed by atoms with Crippen molar-refractivity contribution in [1.82, 2.24) is 0 Å². The summed E-state index contributed by atoms with van der Waals surface area (Å²) in [5.41, 5.74) is 1.51. The third-order valence-electron chi connectivity index (χ3n) is 2.91. The number of rotatable bonds is 1. The summed E-state index contributed by atoms with van der Waals surface area (Å²) < 4.78 is 0. The second kappa shape index (κ2) is 3.37. The van der Waals surface area contributed by atoms with Crippen molar-refractivity contribution in [2.45, 2.75) is 38.5 Å². The average molecular weight is 217 g/mol. The molecule has 1 nitrogen and oxygen atoms in total. The van der Waals surface area contributed by atoms with Crippen LogP contribution >= 0.6 is 0 Å². The quantitative estimate of drug-likeness (QED) is 0.650. The van der Waals surface area contributed by atoms with Crippen molar-refractivity contribution in [3.05, 3.63) is 36.5 Å². The summed E-state index contributed by atoms with van der Waals surface area (Å²) >= 11 is 0. The predicted molar refractivity (Wildman–Crippen MR) is 68.5 cm³/mol. The minimum absolute atomic E-state index is 0.233. The van der Waals surface area contributed by atoms with Gasteiger partial charge < -0.3 is 4.90 Å². The lowest BCUT2D eigenvalue weighted by molar-refractivity contribution is 0.567. The second-order valence-corrected chi connectivity index (χ2v) is 10.0. The molecule has 1 heterocycles. The molecule has 0 aliphatic carbocycles. The molecule has 1 aromatic carbocycles. The van der Waals surface area contributed by atoms with E-state index in [0.29, 0.717) is 0 Å². The first kappa shape index (κ1) is 10.7. The molecule has 2 radical (unpaired) electrons.